The highest BCUT2D eigenvalue weighted by Crippen LogP contribution is 2.43. The minimum absolute atomic E-state index is 0.577. The third-order valence-corrected chi connectivity index (χ3v) is 4.46. The molecule has 4 rings (SSSR count). The lowest BCUT2D eigenvalue weighted by Gasteiger charge is -2.24. The first-order chi connectivity index (χ1) is 8.86. The van der Waals surface area contributed by atoms with Crippen molar-refractivity contribution in [1.29, 1.82) is 0 Å². The molecule has 0 aromatic carbocycles. The van der Waals surface area contributed by atoms with Crippen LogP contribution in [0.25, 0.3) is 12.2 Å². The van der Waals surface area contributed by atoms with Crippen molar-refractivity contribution < 1.29 is 0 Å². The van der Waals surface area contributed by atoms with Crippen molar-refractivity contribution in [1.82, 2.24) is 4.57 Å². The fraction of sp³-hybridized carbons (Fsp3) is 0.294. The topological polar surface area (TPSA) is 4.93 Å². The summed E-state index contributed by atoms with van der Waals surface area (Å²) in [6.07, 6.45) is 19.5. The molecule has 0 aliphatic heterocycles. The van der Waals surface area contributed by atoms with E-state index in [4.69, 9.17) is 0 Å². The molecule has 0 fully saturated rings. The van der Waals surface area contributed by atoms with E-state index < -0.39 is 0 Å². The Morgan fingerprint density at radius 1 is 1.17 bits per heavy atom. The summed E-state index contributed by atoms with van der Waals surface area (Å²) in [4.78, 5) is 0. The molecule has 0 saturated heterocycles. The van der Waals surface area contributed by atoms with Gasteiger partial charge in [0.1, 0.15) is 0 Å². The average molecular weight is 235 g/mol. The molecule has 1 atom stereocenters. The zero-order valence-electron chi connectivity index (χ0n) is 10.7. The summed E-state index contributed by atoms with van der Waals surface area (Å²) in [7, 11) is 2.22. The van der Waals surface area contributed by atoms with Gasteiger partial charge in [0, 0.05) is 24.4 Å². The number of hydrogen-bond acceptors (Lipinski definition) is 0. The first-order valence-corrected chi connectivity index (χ1v) is 6.79. The number of fused-ring (bicyclic) bond motifs is 5. The zero-order valence-corrected chi connectivity index (χ0v) is 10.7. The van der Waals surface area contributed by atoms with Crippen molar-refractivity contribution in [2.75, 3.05) is 0 Å². The first kappa shape index (κ1) is 10.2. The Labute approximate surface area is 108 Å². The molecule has 0 saturated carbocycles. The van der Waals surface area contributed by atoms with E-state index in [9.17, 15) is 0 Å². The highest BCUT2D eigenvalue weighted by molar-refractivity contribution is 5.73. The van der Waals surface area contributed by atoms with E-state index >= 15 is 0 Å². The molecule has 0 amide bonds. The molecule has 1 heterocycles. The Kier molecular flexibility index (Phi) is 2.05. The molecule has 3 aliphatic carbocycles. The summed E-state index contributed by atoms with van der Waals surface area (Å²) in [5.41, 5.74) is 7.46. The standard InChI is InChI=1S/C17H17N/c1-18-15-9-5-4-8-14(15)17-13-7-3-2-6-12(13)10-11-16(17)18/h2-4,6,8,10-11,13H,5,7,9H2,1H3. The van der Waals surface area contributed by atoms with Gasteiger partial charge in [-0.25, -0.2) is 0 Å². The van der Waals surface area contributed by atoms with Gasteiger partial charge in [0.05, 0.1) is 0 Å². The second kappa shape index (κ2) is 3.61. The molecule has 90 valence electrons. The smallest absolute Gasteiger partial charge is 0.0451 e. The summed E-state index contributed by atoms with van der Waals surface area (Å²) in [6.45, 7) is 0. The monoisotopic (exact) mass is 235 g/mol. The SMILES string of the molecule is Cn1c2c(c3c1CCC=C3)C1CC=CC=C1C=C2. The van der Waals surface area contributed by atoms with Crippen LogP contribution in [0.5, 0.6) is 0 Å². The molecule has 1 heteroatoms. The quantitative estimate of drug-likeness (QED) is 0.641. The van der Waals surface area contributed by atoms with Crippen LogP contribution in [0.1, 0.15) is 41.3 Å². The highest BCUT2D eigenvalue weighted by atomic mass is 15.0. The lowest BCUT2D eigenvalue weighted by molar-refractivity contribution is 0.780. The second-order valence-electron chi connectivity index (χ2n) is 5.38. The van der Waals surface area contributed by atoms with E-state index in [2.05, 4.69) is 54.1 Å². The predicted octanol–water partition coefficient (Wildman–Crippen LogP) is 3.98. The Morgan fingerprint density at radius 3 is 3.06 bits per heavy atom. The number of allylic oxidation sites excluding steroid dienone is 6. The van der Waals surface area contributed by atoms with Gasteiger partial charge < -0.3 is 4.57 Å². The minimum Gasteiger partial charge on any atom is -0.347 e. The van der Waals surface area contributed by atoms with E-state index in [1.54, 1.807) is 5.56 Å². The third kappa shape index (κ3) is 1.22. The van der Waals surface area contributed by atoms with Crippen LogP contribution in [0.2, 0.25) is 0 Å². The third-order valence-electron chi connectivity index (χ3n) is 4.46. The molecule has 1 nitrogen and oxygen atoms in total. The summed E-state index contributed by atoms with van der Waals surface area (Å²) < 4.78 is 2.40. The van der Waals surface area contributed by atoms with Crippen LogP contribution >= 0.6 is 0 Å². The molecule has 3 aliphatic rings. The van der Waals surface area contributed by atoms with E-state index in [0.717, 1.165) is 6.42 Å². The molecule has 1 unspecified atom stereocenters. The molecule has 0 bridgehead atoms. The predicted molar refractivity (Wildman–Crippen MR) is 76.4 cm³/mol. The Morgan fingerprint density at radius 2 is 2.11 bits per heavy atom. The van der Waals surface area contributed by atoms with Crippen LogP contribution in [0.15, 0.2) is 36.0 Å². The van der Waals surface area contributed by atoms with E-state index in [0.29, 0.717) is 5.92 Å². The van der Waals surface area contributed by atoms with Gasteiger partial charge in [-0.2, -0.15) is 0 Å². The van der Waals surface area contributed by atoms with E-state index in [1.165, 1.54) is 35.4 Å². The van der Waals surface area contributed by atoms with Crippen LogP contribution in [0.3, 0.4) is 0 Å². The van der Waals surface area contributed by atoms with Crippen LogP contribution in [-0.4, -0.2) is 4.57 Å². The average Bonchev–Trinajstić information content (AvgIpc) is 2.73. The van der Waals surface area contributed by atoms with Gasteiger partial charge in [-0.05, 0) is 42.0 Å². The summed E-state index contributed by atoms with van der Waals surface area (Å²) >= 11 is 0. The van der Waals surface area contributed by atoms with Gasteiger partial charge in [-0.15, -0.1) is 0 Å². The van der Waals surface area contributed by atoms with Crippen molar-refractivity contribution in [2.24, 2.45) is 7.05 Å². The van der Waals surface area contributed by atoms with Crippen LogP contribution in [-0.2, 0) is 13.5 Å². The number of hydrogen-bond donors (Lipinski definition) is 0. The Bertz CT molecular complexity index is 635. The molecule has 1 aromatic heterocycles. The van der Waals surface area contributed by atoms with Crippen LogP contribution in [0.4, 0.5) is 0 Å². The van der Waals surface area contributed by atoms with Gasteiger partial charge in [0.25, 0.3) is 0 Å². The Hall–Kier alpha value is -1.76. The van der Waals surface area contributed by atoms with Crippen molar-refractivity contribution >= 4 is 12.2 Å². The van der Waals surface area contributed by atoms with Crippen molar-refractivity contribution in [2.45, 2.75) is 25.2 Å². The van der Waals surface area contributed by atoms with Gasteiger partial charge in [0.2, 0.25) is 0 Å². The van der Waals surface area contributed by atoms with Gasteiger partial charge in [-0.3, -0.25) is 0 Å². The molecule has 0 spiro atoms. The molecule has 0 N–H and O–H groups in total. The van der Waals surface area contributed by atoms with Crippen molar-refractivity contribution in [3.05, 3.63) is 58.5 Å². The zero-order chi connectivity index (χ0) is 12.1. The highest BCUT2D eigenvalue weighted by Gasteiger charge is 2.29. The summed E-state index contributed by atoms with van der Waals surface area (Å²) in [5, 5.41) is 0. The number of rotatable bonds is 0. The van der Waals surface area contributed by atoms with Crippen LogP contribution in [0, 0.1) is 0 Å². The molecular weight excluding hydrogens is 218 g/mol. The maximum atomic E-state index is 2.40. The molecule has 0 radical (unpaired) electrons. The maximum absolute atomic E-state index is 2.40. The number of aromatic nitrogens is 1. The van der Waals surface area contributed by atoms with Gasteiger partial charge in [-0.1, -0.05) is 36.5 Å². The Balaban J connectivity index is 2.00. The lowest BCUT2D eigenvalue weighted by Crippen LogP contribution is -2.09. The van der Waals surface area contributed by atoms with Crippen molar-refractivity contribution in [3.63, 3.8) is 0 Å². The fourth-order valence-electron chi connectivity index (χ4n) is 3.55. The van der Waals surface area contributed by atoms with Crippen molar-refractivity contribution in [3.8, 4) is 0 Å². The number of nitrogens with zero attached hydrogens (tertiary/aromatic N) is 1. The molecule has 18 heavy (non-hydrogen) atoms. The largest absolute Gasteiger partial charge is 0.347 e. The summed E-state index contributed by atoms with van der Waals surface area (Å²) in [6, 6.07) is 0. The second-order valence-corrected chi connectivity index (χ2v) is 5.38. The first-order valence-electron chi connectivity index (χ1n) is 6.79. The minimum atomic E-state index is 0.577. The van der Waals surface area contributed by atoms with Gasteiger partial charge in [0.15, 0.2) is 0 Å². The van der Waals surface area contributed by atoms with E-state index in [-0.39, 0.29) is 0 Å². The normalized spacial score (nSPS) is 23.4. The maximum Gasteiger partial charge on any atom is 0.0451 e. The lowest BCUT2D eigenvalue weighted by atomic mass is 9.79. The fourth-order valence-corrected chi connectivity index (χ4v) is 3.55. The molecular formula is C17H17N. The summed E-state index contributed by atoms with van der Waals surface area (Å²) in [5.74, 6) is 0.577. The van der Waals surface area contributed by atoms with Crippen LogP contribution < -0.4 is 0 Å². The van der Waals surface area contributed by atoms with Gasteiger partial charge >= 0.3 is 0 Å². The van der Waals surface area contributed by atoms with E-state index in [1.807, 2.05) is 0 Å². The molecule has 1 aromatic rings.